The summed E-state index contributed by atoms with van der Waals surface area (Å²) in [5.41, 5.74) is 4.48. The van der Waals surface area contributed by atoms with Crippen LogP contribution in [0.5, 0.6) is 11.5 Å². The van der Waals surface area contributed by atoms with Crippen molar-refractivity contribution in [3.63, 3.8) is 0 Å². The Morgan fingerprint density at radius 3 is 2.54 bits per heavy atom. The molecule has 0 aliphatic rings. The number of fused-ring (bicyclic) bond motifs is 1. The number of thiocarbonyl (C=S) groups is 1. The highest BCUT2D eigenvalue weighted by atomic mass is 35.5. The molecule has 0 radical (unpaired) electrons. The van der Waals surface area contributed by atoms with E-state index in [1.165, 1.54) is 0 Å². The molecule has 4 N–H and O–H groups in total. The number of aliphatic imine (C=N–C) groups is 1. The first-order valence-electron chi connectivity index (χ1n) is 11.5. The van der Waals surface area contributed by atoms with Crippen molar-refractivity contribution in [2.75, 3.05) is 31.4 Å². The summed E-state index contributed by atoms with van der Waals surface area (Å²) in [5, 5.41) is 11.3. The Labute approximate surface area is 225 Å². The average Bonchev–Trinajstić information content (AvgIpc) is 3.25. The van der Waals surface area contributed by atoms with Gasteiger partial charge < -0.3 is 25.1 Å². The molecule has 192 valence electrons. The molecule has 2 aromatic carbocycles. The van der Waals surface area contributed by atoms with Crippen LogP contribution in [0.3, 0.4) is 0 Å². The zero-order valence-electron chi connectivity index (χ0n) is 21.0. The van der Waals surface area contributed by atoms with Gasteiger partial charge >= 0.3 is 0 Å². The lowest BCUT2D eigenvalue weighted by molar-refractivity contribution is 0.415. The number of H-pyrrole nitrogens is 1. The first-order chi connectivity index (χ1) is 17.8. The van der Waals surface area contributed by atoms with Gasteiger partial charge in [0, 0.05) is 40.1 Å². The standard InChI is InChI=1S/C26H28ClN7O2S/c1-15-11-16(2)31-25(30-15)33-24(34-26(37)32-22-12-18(27)5-8-23(22)36-4)28-10-9-17-14-29-21-7-6-19(35-3)13-20(17)21/h5-8,11-14,29H,9-10H2,1-4H3,(H3,28,30,31,32,33,34,37). The van der Waals surface area contributed by atoms with Gasteiger partial charge in [0.2, 0.25) is 11.9 Å². The van der Waals surface area contributed by atoms with E-state index in [1.54, 1.807) is 32.4 Å². The number of anilines is 2. The number of aryl methyl sites for hydroxylation is 2. The second-order valence-electron chi connectivity index (χ2n) is 8.23. The molecule has 0 atom stereocenters. The third kappa shape index (κ3) is 6.87. The van der Waals surface area contributed by atoms with Crippen molar-refractivity contribution >= 4 is 57.4 Å². The molecule has 0 amide bonds. The molecule has 0 unspecified atom stereocenters. The van der Waals surface area contributed by atoms with Crippen LogP contribution in [0.25, 0.3) is 10.9 Å². The Morgan fingerprint density at radius 1 is 1.03 bits per heavy atom. The predicted molar refractivity (Wildman–Crippen MR) is 153 cm³/mol. The molecule has 4 aromatic rings. The Kier molecular flexibility index (Phi) is 8.42. The van der Waals surface area contributed by atoms with Gasteiger partial charge in [-0.25, -0.2) is 9.97 Å². The van der Waals surface area contributed by atoms with Crippen molar-refractivity contribution in [2.45, 2.75) is 20.3 Å². The largest absolute Gasteiger partial charge is 0.497 e. The third-order valence-corrected chi connectivity index (χ3v) is 5.92. The summed E-state index contributed by atoms with van der Waals surface area (Å²) in [5.74, 6) is 2.23. The lowest BCUT2D eigenvalue weighted by Gasteiger charge is -2.16. The zero-order valence-corrected chi connectivity index (χ0v) is 22.5. The first-order valence-corrected chi connectivity index (χ1v) is 12.3. The van der Waals surface area contributed by atoms with Crippen LogP contribution < -0.4 is 25.4 Å². The maximum Gasteiger partial charge on any atom is 0.229 e. The average molecular weight is 538 g/mol. The molecule has 2 heterocycles. The third-order valence-electron chi connectivity index (χ3n) is 5.48. The van der Waals surface area contributed by atoms with Crippen molar-refractivity contribution in [2.24, 2.45) is 4.99 Å². The molecule has 0 fully saturated rings. The van der Waals surface area contributed by atoms with Crippen LogP contribution in [0.4, 0.5) is 11.6 Å². The number of nitrogens with one attached hydrogen (secondary N) is 4. The number of aromatic amines is 1. The number of halogens is 1. The second-order valence-corrected chi connectivity index (χ2v) is 9.07. The highest BCUT2D eigenvalue weighted by molar-refractivity contribution is 7.80. The smallest absolute Gasteiger partial charge is 0.229 e. The minimum Gasteiger partial charge on any atom is -0.497 e. The number of aromatic nitrogens is 3. The molecule has 0 spiro atoms. The molecule has 0 aliphatic heterocycles. The van der Waals surface area contributed by atoms with Gasteiger partial charge in [-0.2, -0.15) is 0 Å². The van der Waals surface area contributed by atoms with Crippen LogP contribution in [0.1, 0.15) is 17.0 Å². The SMILES string of the molecule is COc1ccc2[nH]cc(CCN=C(NC(=S)Nc3cc(Cl)ccc3OC)Nc3nc(C)cc(C)n3)c2c1. The monoisotopic (exact) mass is 537 g/mol. The molecule has 0 saturated carbocycles. The van der Waals surface area contributed by atoms with Crippen LogP contribution in [0, 0.1) is 13.8 Å². The van der Waals surface area contributed by atoms with E-state index in [4.69, 9.17) is 38.3 Å². The number of nitrogens with zero attached hydrogens (tertiary/aromatic N) is 3. The van der Waals surface area contributed by atoms with Crippen LogP contribution in [0.2, 0.25) is 5.02 Å². The Balaban J connectivity index is 1.53. The Morgan fingerprint density at radius 2 is 1.81 bits per heavy atom. The molecule has 0 aliphatic carbocycles. The van der Waals surface area contributed by atoms with Crippen LogP contribution in [-0.2, 0) is 6.42 Å². The highest BCUT2D eigenvalue weighted by Gasteiger charge is 2.11. The molecule has 0 saturated heterocycles. The van der Waals surface area contributed by atoms with E-state index in [0.717, 1.165) is 33.6 Å². The Hall–Kier alpha value is -3.89. The van der Waals surface area contributed by atoms with E-state index in [2.05, 4.69) is 30.9 Å². The fourth-order valence-corrected chi connectivity index (χ4v) is 4.20. The van der Waals surface area contributed by atoms with E-state index in [-0.39, 0.29) is 0 Å². The number of ether oxygens (including phenoxy) is 2. The fraction of sp³-hybridized carbons (Fsp3) is 0.231. The summed E-state index contributed by atoms with van der Waals surface area (Å²) in [6, 6.07) is 13.1. The van der Waals surface area contributed by atoms with E-state index < -0.39 is 0 Å². The number of rotatable bonds is 7. The maximum absolute atomic E-state index is 6.16. The van der Waals surface area contributed by atoms with Crippen LogP contribution in [-0.4, -0.2) is 46.8 Å². The molecule has 11 heteroatoms. The zero-order chi connectivity index (χ0) is 26.4. The summed E-state index contributed by atoms with van der Waals surface area (Å²) in [4.78, 5) is 16.9. The molecule has 4 rings (SSSR count). The van der Waals surface area contributed by atoms with Crippen molar-refractivity contribution < 1.29 is 9.47 Å². The molecule has 0 bridgehead atoms. The van der Waals surface area contributed by atoms with Gasteiger partial charge in [0.1, 0.15) is 11.5 Å². The van der Waals surface area contributed by atoms with E-state index in [9.17, 15) is 0 Å². The number of benzene rings is 2. The first kappa shape index (κ1) is 26.2. The normalized spacial score (nSPS) is 11.3. The van der Waals surface area contributed by atoms with Gasteiger partial charge in [0.05, 0.1) is 19.9 Å². The lowest BCUT2D eigenvalue weighted by atomic mass is 10.1. The summed E-state index contributed by atoms with van der Waals surface area (Å²) >= 11 is 11.7. The summed E-state index contributed by atoms with van der Waals surface area (Å²) in [6.45, 7) is 4.30. The van der Waals surface area contributed by atoms with Gasteiger partial charge in [-0.3, -0.25) is 10.3 Å². The minimum atomic E-state index is 0.299. The van der Waals surface area contributed by atoms with Crippen molar-refractivity contribution in [1.82, 2.24) is 20.3 Å². The van der Waals surface area contributed by atoms with E-state index in [0.29, 0.717) is 46.4 Å². The second kappa shape index (κ2) is 11.9. The van der Waals surface area contributed by atoms with Crippen molar-refractivity contribution in [1.29, 1.82) is 0 Å². The number of hydrogen-bond acceptors (Lipinski definition) is 6. The van der Waals surface area contributed by atoms with Gasteiger partial charge in [0.15, 0.2) is 5.11 Å². The minimum absolute atomic E-state index is 0.299. The van der Waals surface area contributed by atoms with Crippen LogP contribution >= 0.6 is 23.8 Å². The number of guanidine groups is 1. The summed E-state index contributed by atoms with van der Waals surface area (Å²) < 4.78 is 10.8. The molecular weight excluding hydrogens is 510 g/mol. The summed E-state index contributed by atoms with van der Waals surface area (Å²) in [6.07, 6.45) is 2.68. The van der Waals surface area contributed by atoms with E-state index in [1.807, 2.05) is 44.3 Å². The maximum atomic E-state index is 6.16. The van der Waals surface area contributed by atoms with Gasteiger partial charge in [0.25, 0.3) is 0 Å². The Bertz CT molecular complexity index is 1430. The molecular formula is C26H28ClN7O2S. The topological polar surface area (TPSA) is 108 Å². The highest BCUT2D eigenvalue weighted by Crippen LogP contribution is 2.27. The molecule has 37 heavy (non-hydrogen) atoms. The van der Waals surface area contributed by atoms with Crippen molar-refractivity contribution in [3.05, 3.63) is 70.6 Å². The van der Waals surface area contributed by atoms with Gasteiger partial charge in [-0.15, -0.1) is 0 Å². The molecule has 2 aromatic heterocycles. The van der Waals surface area contributed by atoms with E-state index >= 15 is 0 Å². The number of hydrogen-bond donors (Lipinski definition) is 4. The van der Waals surface area contributed by atoms with Crippen LogP contribution in [0.15, 0.2) is 53.7 Å². The molecule has 9 nitrogen and oxygen atoms in total. The van der Waals surface area contributed by atoms with Crippen molar-refractivity contribution in [3.8, 4) is 11.5 Å². The number of methoxy groups -OCH3 is 2. The van der Waals surface area contributed by atoms with Gasteiger partial charge in [-0.1, -0.05) is 11.6 Å². The van der Waals surface area contributed by atoms with Gasteiger partial charge in [-0.05, 0) is 80.5 Å². The lowest BCUT2D eigenvalue weighted by Crippen LogP contribution is -2.39. The fourth-order valence-electron chi connectivity index (χ4n) is 3.82. The predicted octanol–water partition coefficient (Wildman–Crippen LogP) is 5.24. The quantitative estimate of drug-likeness (QED) is 0.144. The summed E-state index contributed by atoms with van der Waals surface area (Å²) in [7, 11) is 3.24.